The van der Waals surface area contributed by atoms with Crippen molar-refractivity contribution in [3.8, 4) is 0 Å². The van der Waals surface area contributed by atoms with E-state index in [9.17, 15) is 4.79 Å². The van der Waals surface area contributed by atoms with Gasteiger partial charge in [-0.25, -0.2) is 5.43 Å². The largest absolute Gasteiger partial charge is 0.353 e. The van der Waals surface area contributed by atoms with Gasteiger partial charge in [0.25, 0.3) is 0 Å². The van der Waals surface area contributed by atoms with Crippen molar-refractivity contribution in [2.75, 3.05) is 0 Å². The van der Waals surface area contributed by atoms with Crippen molar-refractivity contribution in [1.29, 1.82) is 0 Å². The molecule has 6 atom stereocenters. The SMILES string of the molecule is Cc1cc(C2NNC3CCC(C(=O)NC4CCCC(Cn5ncc6ccncc65)C4)CC32)ccn1. The van der Waals surface area contributed by atoms with Gasteiger partial charge in [-0.3, -0.25) is 24.9 Å². The quantitative estimate of drug-likeness (QED) is 0.525. The second kappa shape index (κ2) is 9.66. The third-order valence-corrected chi connectivity index (χ3v) is 8.41. The van der Waals surface area contributed by atoms with Gasteiger partial charge in [0.1, 0.15) is 0 Å². The molecule has 2 aliphatic carbocycles. The van der Waals surface area contributed by atoms with Crippen LogP contribution in [0.3, 0.4) is 0 Å². The Hall–Kier alpha value is -2.84. The first kappa shape index (κ1) is 22.6. The number of hydrazine groups is 1. The normalized spacial score (nSPS) is 30.8. The molecule has 0 bridgehead atoms. The Kier molecular flexibility index (Phi) is 6.24. The van der Waals surface area contributed by atoms with Gasteiger partial charge in [0.05, 0.1) is 24.0 Å². The molecule has 8 nitrogen and oxygen atoms in total. The number of carbonyl (C=O) groups is 1. The Morgan fingerprint density at radius 3 is 2.97 bits per heavy atom. The number of rotatable bonds is 5. The van der Waals surface area contributed by atoms with E-state index in [1.807, 2.05) is 37.8 Å². The zero-order chi connectivity index (χ0) is 23.8. The average Bonchev–Trinajstić information content (AvgIpc) is 3.48. The summed E-state index contributed by atoms with van der Waals surface area (Å²) in [5.41, 5.74) is 10.4. The Labute approximate surface area is 206 Å². The second-order valence-electron chi connectivity index (χ2n) is 10.8. The van der Waals surface area contributed by atoms with Crippen LogP contribution in [0.4, 0.5) is 0 Å². The van der Waals surface area contributed by atoms with Crippen LogP contribution in [0.1, 0.15) is 62.2 Å². The van der Waals surface area contributed by atoms with Gasteiger partial charge in [0.15, 0.2) is 0 Å². The minimum atomic E-state index is 0.0879. The molecule has 2 saturated carbocycles. The number of nitrogens with one attached hydrogen (secondary N) is 3. The van der Waals surface area contributed by atoms with Crippen LogP contribution in [0.15, 0.2) is 43.0 Å². The summed E-state index contributed by atoms with van der Waals surface area (Å²) in [7, 11) is 0. The summed E-state index contributed by atoms with van der Waals surface area (Å²) in [4.78, 5) is 22.0. The van der Waals surface area contributed by atoms with E-state index in [4.69, 9.17) is 0 Å². The Bertz CT molecular complexity index is 1190. The minimum absolute atomic E-state index is 0.0879. The molecule has 1 amide bonds. The van der Waals surface area contributed by atoms with Crippen LogP contribution in [-0.4, -0.2) is 37.7 Å². The van der Waals surface area contributed by atoms with Crippen LogP contribution >= 0.6 is 0 Å². The number of fused-ring (bicyclic) bond motifs is 2. The predicted octanol–water partition coefficient (Wildman–Crippen LogP) is 3.44. The van der Waals surface area contributed by atoms with Gasteiger partial charge >= 0.3 is 0 Å². The van der Waals surface area contributed by atoms with E-state index in [0.29, 0.717) is 17.9 Å². The molecule has 0 aromatic carbocycles. The van der Waals surface area contributed by atoms with E-state index >= 15 is 0 Å². The second-order valence-corrected chi connectivity index (χ2v) is 10.8. The number of hydrogen-bond acceptors (Lipinski definition) is 6. The average molecular weight is 474 g/mol. The molecule has 6 rings (SSSR count). The molecule has 3 N–H and O–H groups in total. The van der Waals surface area contributed by atoms with Crippen molar-refractivity contribution >= 4 is 16.8 Å². The standard InChI is InChI=1S/C27H35N7O/c1-17-11-19(8-10-29-17)26-23-13-20(5-6-24(23)32-33-26)27(35)31-22-4-2-3-18(12-22)16-34-25-15-28-9-7-21(25)14-30-34/h7-11,14-15,18,20,22-24,26,32-33H,2-6,12-13,16H2,1H3,(H,31,35). The number of amides is 1. The summed E-state index contributed by atoms with van der Waals surface area (Å²) in [5.74, 6) is 1.28. The summed E-state index contributed by atoms with van der Waals surface area (Å²) in [6.45, 7) is 2.92. The Morgan fingerprint density at radius 1 is 1.11 bits per heavy atom. The molecule has 1 saturated heterocycles. The highest BCUT2D eigenvalue weighted by molar-refractivity contribution is 5.79. The van der Waals surface area contributed by atoms with Crippen LogP contribution in [0.5, 0.6) is 0 Å². The fourth-order valence-corrected chi connectivity index (χ4v) is 6.60. The fraction of sp³-hybridized carbons (Fsp3) is 0.556. The lowest BCUT2D eigenvalue weighted by molar-refractivity contribution is -0.127. The molecule has 3 aliphatic rings. The van der Waals surface area contributed by atoms with Crippen molar-refractivity contribution in [3.05, 3.63) is 54.2 Å². The molecular weight excluding hydrogens is 438 g/mol. The molecule has 184 valence electrons. The van der Waals surface area contributed by atoms with Crippen LogP contribution in [0.2, 0.25) is 0 Å². The van der Waals surface area contributed by atoms with Gasteiger partial charge in [-0.15, -0.1) is 0 Å². The van der Waals surface area contributed by atoms with E-state index < -0.39 is 0 Å². The van der Waals surface area contributed by atoms with Crippen molar-refractivity contribution in [2.24, 2.45) is 17.8 Å². The number of aromatic nitrogens is 4. The molecule has 35 heavy (non-hydrogen) atoms. The first-order valence-electron chi connectivity index (χ1n) is 13.1. The van der Waals surface area contributed by atoms with Gasteiger partial charge in [0, 0.05) is 48.0 Å². The highest BCUT2D eigenvalue weighted by Gasteiger charge is 2.43. The first-order chi connectivity index (χ1) is 17.1. The molecule has 3 aromatic rings. The number of nitrogens with zero attached hydrogens (tertiary/aromatic N) is 4. The highest BCUT2D eigenvalue weighted by Crippen LogP contribution is 2.40. The third kappa shape index (κ3) is 4.69. The molecule has 6 unspecified atom stereocenters. The molecule has 0 spiro atoms. The number of carbonyl (C=O) groups excluding carboxylic acids is 1. The molecule has 4 heterocycles. The highest BCUT2D eigenvalue weighted by atomic mass is 16.1. The van der Waals surface area contributed by atoms with E-state index in [1.54, 1.807) is 0 Å². The molecule has 3 aromatic heterocycles. The lowest BCUT2D eigenvalue weighted by Gasteiger charge is -2.35. The van der Waals surface area contributed by atoms with E-state index in [-0.39, 0.29) is 23.9 Å². The molecule has 8 heteroatoms. The Balaban J connectivity index is 1.07. The molecule has 1 aliphatic heterocycles. The van der Waals surface area contributed by atoms with Crippen LogP contribution in [0.25, 0.3) is 10.9 Å². The monoisotopic (exact) mass is 473 g/mol. The smallest absolute Gasteiger partial charge is 0.223 e. The first-order valence-corrected chi connectivity index (χ1v) is 13.1. The number of pyridine rings is 2. The van der Waals surface area contributed by atoms with Gasteiger partial charge in [-0.1, -0.05) is 6.42 Å². The van der Waals surface area contributed by atoms with E-state index in [2.05, 4.69) is 48.0 Å². The van der Waals surface area contributed by atoms with Crippen LogP contribution in [-0.2, 0) is 11.3 Å². The van der Waals surface area contributed by atoms with Crippen molar-refractivity contribution in [1.82, 2.24) is 35.9 Å². The molecular formula is C27H35N7O. The maximum Gasteiger partial charge on any atom is 0.223 e. The van der Waals surface area contributed by atoms with Crippen molar-refractivity contribution < 1.29 is 4.79 Å². The lowest BCUT2D eigenvalue weighted by atomic mass is 9.74. The van der Waals surface area contributed by atoms with Crippen molar-refractivity contribution in [2.45, 2.75) is 76.5 Å². The minimum Gasteiger partial charge on any atom is -0.353 e. The zero-order valence-corrected chi connectivity index (χ0v) is 20.4. The summed E-state index contributed by atoms with van der Waals surface area (Å²) in [6.07, 6.45) is 14.8. The van der Waals surface area contributed by atoms with Crippen molar-refractivity contribution in [3.63, 3.8) is 0 Å². The summed E-state index contributed by atoms with van der Waals surface area (Å²) in [6, 6.07) is 7.18. The number of hydrogen-bond donors (Lipinski definition) is 3. The number of aryl methyl sites for hydroxylation is 1. The summed E-state index contributed by atoms with van der Waals surface area (Å²) in [5, 5.41) is 9.17. The van der Waals surface area contributed by atoms with E-state index in [1.165, 1.54) is 12.0 Å². The molecule has 0 radical (unpaired) electrons. The topological polar surface area (TPSA) is 96.8 Å². The van der Waals surface area contributed by atoms with Crippen LogP contribution in [0, 0.1) is 24.7 Å². The van der Waals surface area contributed by atoms with Crippen LogP contribution < -0.4 is 16.2 Å². The van der Waals surface area contributed by atoms with E-state index in [0.717, 1.165) is 61.7 Å². The maximum atomic E-state index is 13.4. The van der Waals surface area contributed by atoms with Gasteiger partial charge in [-0.2, -0.15) is 5.10 Å². The van der Waals surface area contributed by atoms with Gasteiger partial charge in [-0.05, 0) is 81.0 Å². The predicted molar refractivity (Wildman–Crippen MR) is 134 cm³/mol. The van der Waals surface area contributed by atoms with Gasteiger partial charge < -0.3 is 5.32 Å². The zero-order valence-electron chi connectivity index (χ0n) is 20.4. The van der Waals surface area contributed by atoms with Gasteiger partial charge in [0.2, 0.25) is 5.91 Å². The lowest BCUT2D eigenvalue weighted by Crippen LogP contribution is -2.45. The third-order valence-electron chi connectivity index (χ3n) is 8.41. The Morgan fingerprint density at radius 2 is 2.06 bits per heavy atom. The maximum absolute atomic E-state index is 13.4. The summed E-state index contributed by atoms with van der Waals surface area (Å²) >= 11 is 0. The molecule has 3 fully saturated rings. The summed E-state index contributed by atoms with van der Waals surface area (Å²) < 4.78 is 2.08. The fourth-order valence-electron chi connectivity index (χ4n) is 6.60.